The standard InChI is InChI=1S/C79H87N5O4/c1-15-17-19-43-87-61-30-26-59(27-31-61)84(60-28-32-62(33-29-60)88-44-20-18-16-2)74-70-41-39-68(82-70)72(53-45-55(76(3,4)5)49-56(46-53)77(6,7)8)66-37-35-64(80-66)63(34-23-51-21-24-52(25-22-51)75(85)86)65-36-38-67(81-65)73(69-40-42-71(74)83-69)54-47-57(78(9,10)11)50-58(48-54)79(12,13)14/h21-22,24-33,35-42,45-50,80,83H,15-20,43-44H2,1-14H3,(H,85,86). The van der Waals surface area contributed by atoms with Crippen LogP contribution in [0.15, 0.2) is 133 Å². The number of hydrogen-bond acceptors (Lipinski definition) is 6. The molecule has 0 fully saturated rings. The van der Waals surface area contributed by atoms with Gasteiger partial charge in [-0.05, 0) is 189 Å². The second-order valence-corrected chi connectivity index (χ2v) is 27.6. The van der Waals surface area contributed by atoms with Crippen molar-refractivity contribution >= 4 is 69.4 Å². The average Bonchev–Trinajstić information content (AvgIpc) is 2.33. The third-order valence-corrected chi connectivity index (χ3v) is 16.5. The van der Waals surface area contributed by atoms with Crippen molar-refractivity contribution in [2.24, 2.45) is 0 Å². The molecule has 5 heterocycles. The number of carboxylic acid groups (broad SMARTS) is 1. The summed E-state index contributed by atoms with van der Waals surface area (Å²) >= 11 is 0. The number of carbonyl (C=O) groups is 1. The highest BCUT2D eigenvalue weighted by Gasteiger charge is 2.27. The van der Waals surface area contributed by atoms with Gasteiger partial charge in [0.1, 0.15) is 11.5 Å². The Labute approximate surface area is 522 Å². The maximum absolute atomic E-state index is 11.9. The molecule has 8 aromatic rings. The number of nitrogens with zero attached hydrogens (tertiary/aromatic N) is 3. The minimum atomic E-state index is -0.988. The smallest absolute Gasteiger partial charge is 0.335 e. The zero-order valence-electron chi connectivity index (χ0n) is 54.2. The van der Waals surface area contributed by atoms with Crippen LogP contribution < -0.4 is 14.4 Å². The zero-order valence-corrected chi connectivity index (χ0v) is 54.2. The van der Waals surface area contributed by atoms with E-state index in [1.807, 2.05) is 0 Å². The van der Waals surface area contributed by atoms with E-state index in [2.05, 4.69) is 257 Å². The number of anilines is 3. The summed E-state index contributed by atoms with van der Waals surface area (Å²) in [4.78, 5) is 33.7. The second kappa shape index (κ2) is 25.5. The molecule has 452 valence electrons. The van der Waals surface area contributed by atoms with Crippen LogP contribution in [0.4, 0.5) is 17.1 Å². The van der Waals surface area contributed by atoms with E-state index in [1.165, 1.54) is 22.3 Å². The molecule has 88 heavy (non-hydrogen) atoms. The van der Waals surface area contributed by atoms with Gasteiger partial charge in [-0.15, -0.1) is 0 Å². The third-order valence-electron chi connectivity index (χ3n) is 16.5. The molecule has 0 atom stereocenters. The summed E-state index contributed by atoms with van der Waals surface area (Å²) in [7, 11) is 0. The fourth-order valence-corrected chi connectivity index (χ4v) is 11.1. The maximum Gasteiger partial charge on any atom is 0.335 e. The number of aromatic amines is 2. The molecule has 9 heteroatoms. The van der Waals surface area contributed by atoms with Gasteiger partial charge in [-0.25, -0.2) is 14.8 Å². The summed E-state index contributed by atoms with van der Waals surface area (Å²) in [6, 6.07) is 46.2. The Bertz CT molecular complexity index is 3980. The van der Waals surface area contributed by atoms with Crippen molar-refractivity contribution < 1.29 is 19.4 Å². The number of rotatable bonds is 16. The number of nitrogens with one attached hydrogen (secondary N) is 2. The van der Waals surface area contributed by atoms with E-state index in [1.54, 1.807) is 24.3 Å². The summed E-state index contributed by atoms with van der Waals surface area (Å²) in [5, 5.41) is 9.77. The molecule has 3 aromatic heterocycles. The minimum Gasteiger partial charge on any atom is -0.494 e. The fourth-order valence-electron chi connectivity index (χ4n) is 11.1. The van der Waals surface area contributed by atoms with Gasteiger partial charge in [-0.1, -0.05) is 171 Å². The molecule has 0 aliphatic carbocycles. The Morgan fingerprint density at radius 1 is 0.466 bits per heavy atom. The molecule has 2 aliphatic heterocycles. The van der Waals surface area contributed by atoms with Crippen molar-refractivity contribution in [1.82, 2.24) is 19.9 Å². The van der Waals surface area contributed by atoms with Crippen LogP contribution in [0.25, 0.3) is 68.6 Å². The van der Waals surface area contributed by atoms with Crippen molar-refractivity contribution in [3.63, 3.8) is 0 Å². The van der Waals surface area contributed by atoms with E-state index in [0.29, 0.717) is 30.0 Å². The van der Waals surface area contributed by atoms with Crippen LogP contribution >= 0.6 is 0 Å². The normalized spacial score (nSPS) is 12.5. The Hall–Kier alpha value is -8.87. The van der Waals surface area contributed by atoms with Gasteiger partial charge in [0.15, 0.2) is 0 Å². The highest BCUT2D eigenvalue weighted by Crippen LogP contribution is 2.45. The van der Waals surface area contributed by atoms with Crippen LogP contribution in [0.5, 0.6) is 11.5 Å². The van der Waals surface area contributed by atoms with E-state index in [9.17, 15) is 9.90 Å². The first-order valence-corrected chi connectivity index (χ1v) is 31.5. The first-order valence-electron chi connectivity index (χ1n) is 31.5. The largest absolute Gasteiger partial charge is 0.494 e. The molecule has 3 N–H and O–H groups in total. The van der Waals surface area contributed by atoms with Gasteiger partial charge in [-0.2, -0.15) is 0 Å². The molecule has 5 aromatic carbocycles. The molecule has 8 bridgehead atoms. The Balaban J connectivity index is 1.36. The molecule has 10 rings (SSSR count). The highest BCUT2D eigenvalue weighted by molar-refractivity contribution is 6.00. The highest BCUT2D eigenvalue weighted by atomic mass is 16.5. The molecular formula is C79H87N5O4. The minimum absolute atomic E-state index is 0.169. The van der Waals surface area contributed by atoms with Crippen LogP contribution in [-0.4, -0.2) is 44.2 Å². The molecule has 9 nitrogen and oxygen atoms in total. The van der Waals surface area contributed by atoms with Crippen molar-refractivity contribution in [2.45, 2.75) is 157 Å². The first kappa shape index (κ1) is 62.2. The van der Waals surface area contributed by atoms with E-state index in [0.717, 1.165) is 128 Å². The van der Waals surface area contributed by atoms with Gasteiger partial charge < -0.3 is 29.4 Å². The predicted molar refractivity (Wildman–Crippen MR) is 369 cm³/mol. The molecule has 0 spiro atoms. The van der Waals surface area contributed by atoms with Gasteiger partial charge in [0.25, 0.3) is 0 Å². The Morgan fingerprint density at radius 3 is 1.30 bits per heavy atom. The summed E-state index contributed by atoms with van der Waals surface area (Å²) in [5.41, 5.74) is 18.8. The summed E-state index contributed by atoms with van der Waals surface area (Å²) < 4.78 is 12.7. The number of ether oxygens (including phenoxy) is 2. The van der Waals surface area contributed by atoms with Crippen molar-refractivity contribution in [2.75, 3.05) is 18.1 Å². The van der Waals surface area contributed by atoms with Gasteiger partial charge in [0, 0.05) is 39.1 Å². The lowest BCUT2D eigenvalue weighted by atomic mass is 9.78. The summed E-state index contributed by atoms with van der Waals surface area (Å²) in [6.07, 6.45) is 15.0. The SMILES string of the molecule is CCCCCOc1ccc(N(c2ccc(OCCCCC)cc2)c2c3nc(c(-c4cc(C(C)(C)C)cc(C(C)(C)C)c4)c4ccc([nH]4)c(C#Cc4ccc(C(=O)O)cc4)c4nc(c(-c5cc(C(C)(C)C)cc(C(C)(C)C)c5)c5ccc2[nH]5)C=C4)C=C3)cc1. The molecule has 0 radical (unpaired) electrons. The van der Waals surface area contributed by atoms with E-state index in [-0.39, 0.29) is 27.2 Å². The Morgan fingerprint density at radius 2 is 0.864 bits per heavy atom. The van der Waals surface area contributed by atoms with E-state index < -0.39 is 5.97 Å². The van der Waals surface area contributed by atoms with Gasteiger partial charge in [0.05, 0.1) is 63.8 Å². The van der Waals surface area contributed by atoms with Crippen LogP contribution in [-0.2, 0) is 21.7 Å². The number of aromatic carboxylic acids is 1. The van der Waals surface area contributed by atoms with E-state index in [4.69, 9.17) is 19.4 Å². The van der Waals surface area contributed by atoms with Gasteiger partial charge >= 0.3 is 5.97 Å². The molecule has 0 amide bonds. The predicted octanol–water partition coefficient (Wildman–Crippen LogP) is 20.9. The van der Waals surface area contributed by atoms with Gasteiger partial charge in [0.2, 0.25) is 0 Å². The van der Waals surface area contributed by atoms with Gasteiger partial charge in [-0.3, -0.25) is 0 Å². The number of aromatic nitrogens is 4. The van der Waals surface area contributed by atoms with Crippen LogP contribution in [0.1, 0.15) is 202 Å². The zero-order chi connectivity index (χ0) is 62.7. The van der Waals surface area contributed by atoms with Crippen LogP contribution in [0.2, 0.25) is 0 Å². The molecule has 0 saturated heterocycles. The number of H-pyrrole nitrogens is 2. The number of hydrogen-bond donors (Lipinski definition) is 3. The fraction of sp³-hybridized carbons (Fsp3) is 0.329. The number of fused-ring (bicyclic) bond motifs is 8. The van der Waals surface area contributed by atoms with Crippen molar-refractivity contribution in [1.29, 1.82) is 0 Å². The molecular weight excluding hydrogens is 1080 g/mol. The van der Waals surface area contributed by atoms with E-state index >= 15 is 0 Å². The van der Waals surface area contributed by atoms with Crippen LogP contribution in [0, 0.1) is 11.8 Å². The maximum atomic E-state index is 11.9. The van der Waals surface area contributed by atoms with Crippen molar-refractivity contribution in [3.8, 4) is 45.6 Å². The lowest BCUT2D eigenvalue weighted by molar-refractivity contribution is 0.0696. The van der Waals surface area contributed by atoms with Crippen molar-refractivity contribution in [3.05, 3.63) is 195 Å². The monoisotopic (exact) mass is 1170 g/mol. The third kappa shape index (κ3) is 14.1. The average molecular weight is 1170 g/mol. The number of benzene rings is 5. The quantitative estimate of drug-likeness (QED) is 0.0652. The molecule has 2 aliphatic rings. The summed E-state index contributed by atoms with van der Waals surface area (Å²) in [6.45, 7) is 33.0. The first-order chi connectivity index (χ1) is 41.9. The summed E-state index contributed by atoms with van der Waals surface area (Å²) in [5.74, 6) is 7.60. The lowest BCUT2D eigenvalue weighted by Gasteiger charge is -2.27. The Kier molecular flexibility index (Phi) is 18.0. The number of unbranched alkanes of at least 4 members (excludes halogenated alkanes) is 4. The second-order valence-electron chi connectivity index (χ2n) is 27.6. The molecule has 0 saturated carbocycles. The topological polar surface area (TPSA) is 116 Å². The molecule has 0 unspecified atom stereocenters. The van der Waals surface area contributed by atoms with Crippen LogP contribution in [0.3, 0.4) is 0 Å². The number of carboxylic acids is 1. The lowest BCUT2D eigenvalue weighted by Crippen LogP contribution is -2.16.